The standard InChI is InChI=1S/C15H16ClN3OS/c1-11(10-19-8-3-7-17-19)18-15(12-4-2-9-20-12)13-5-6-14(16)21-13/h2-9,11,15,18H,10H2,1H3. The number of nitrogens with zero attached hydrogens (tertiary/aromatic N) is 2. The molecule has 0 aromatic carbocycles. The lowest BCUT2D eigenvalue weighted by atomic mass is 10.1. The maximum atomic E-state index is 6.06. The molecule has 0 aliphatic heterocycles. The first-order valence-corrected chi connectivity index (χ1v) is 7.94. The maximum Gasteiger partial charge on any atom is 0.126 e. The van der Waals surface area contributed by atoms with E-state index in [1.807, 2.05) is 41.2 Å². The summed E-state index contributed by atoms with van der Waals surface area (Å²) in [5.74, 6) is 0.890. The van der Waals surface area contributed by atoms with Gasteiger partial charge in [-0.3, -0.25) is 10.00 Å². The minimum atomic E-state index is 0.00284. The van der Waals surface area contributed by atoms with Crippen molar-refractivity contribution >= 4 is 22.9 Å². The summed E-state index contributed by atoms with van der Waals surface area (Å²) in [6.07, 6.45) is 5.44. The van der Waals surface area contributed by atoms with Gasteiger partial charge in [-0.05, 0) is 37.3 Å². The number of aromatic nitrogens is 2. The molecule has 1 N–H and O–H groups in total. The minimum Gasteiger partial charge on any atom is -0.467 e. The summed E-state index contributed by atoms with van der Waals surface area (Å²) in [5, 5.41) is 7.82. The first-order chi connectivity index (χ1) is 10.2. The molecule has 0 bridgehead atoms. The summed E-state index contributed by atoms with van der Waals surface area (Å²) in [5.41, 5.74) is 0. The molecule has 0 amide bonds. The predicted octanol–water partition coefficient (Wildman–Crippen LogP) is 3.96. The SMILES string of the molecule is CC(Cn1cccn1)NC(c1ccco1)c1ccc(Cl)s1. The van der Waals surface area contributed by atoms with Crippen LogP contribution in [0.4, 0.5) is 0 Å². The molecule has 0 spiro atoms. The van der Waals surface area contributed by atoms with Gasteiger partial charge in [0.15, 0.2) is 0 Å². The van der Waals surface area contributed by atoms with Crippen molar-refractivity contribution in [2.24, 2.45) is 0 Å². The zero-order valence-corrected chi connectivity index (χ0v) is 13.1. The summed E-state index contributed by atoms with van der Waals surface area (Å²) in [4.78, 5) is 1.14. The zero-order valence-electron chi connectivity index (χ0n) is 11.6. The van der Waals surface area contributed by atoms with Crippen molar-refractivity contribution in [3.63, 3.8) is 0 Å². The highest BCUT2D eigenvalue weighted by Gasteiger charge is 2.21. The Bertz CT molecular complexity index is 663. The Kier molecular flexibility index (Phi) is 4.43. The first-order valence-electron chi connectivity index (χ1n) is 6.74. The summed E-state index contributed by atoms with van der Waals surface area (Å²) < 4.78 is 8.27. The van der Waals surface area contributed by atoms with Gasteiger partial charge in [0, 0.05) is 23.3 Å². The van der Waals surface area contributed by atoms with E-state index < -0.39 is 0 Å². The molecule has 2 unspecified atom stereocenters. The van der Waals surface area contributed by atoms with Crippen molar-refractivity contribution in [1.29, 1.82) is 0 Å². The van der Waals surface area contributed by atoms with Crippen LogP contribution < -0.4 is 5.32 Å². The maximum absolute atomic E-state index is 6.06. The van der Waals surface area contributed by atoms with Crippen LogP contribution in [0.3, 0.4) is 0 Å². The molecule has 0 aliphatic rings. The molecular formula is C15H16ClN3OS. The molecule has 0 fully saturated rings. The number of hydrogen-bond acceptors (Lipinski definition) is 4. The van der Waals surface area contributed by atoms with Gasteiger partial charge < -0.3 is 4.42 Å². The van der Waals surface area contributed by atoms with Gasteiger partial charge in [0.2, 0.25) is 0 Å². The van der Waals surface area contributed by atoms with Crippen LogP contribution in [-0.2, 0) is 6.54 Å². The number of furan rings is 1. The fraction of sp³-hybridized carbons (Fsp3) is 0.267. The van der Waals surface area contributed by atoms with E-state index in [-0.39, 0.29) is 12.1 Å². The summed E-state index contributed by atoms with van der Waals surface area (Å²) in [7, 11) is 0. The molecule has 4 nitrogen and oxygen atoms in total. The summed E-state index contributed by atoms with van der Waals surface area (Å²) in [6, 6.07) is 9.99. The molecule has 21 heavy (non-hydrogen) atoms. The highest BCUT2D eigenvalue weighted by molar-refractivity contribution is 7.16. The molecule has 0 saturated heterocycles. The quantitative estimate of drug-likeness (QED) is 0.747. The molecule has 3 aromatic rings. The van der Waals surface area contributed by atoms with E-state index >= 15 is 0 Å². The van der Waals surface area contributed by atoms with Crippen molar-refractivity contribution in [3.05, 3.63) is 64.0 Å². The van der Waals surface area contributed by atoms with Crippen LogP contribution in [0.1, 0.15) is 23.6 Å². The lowest BCUT2D eigenvalue weighted by molar-refractivity contribution is 0.384. The van der Waals surface area contributed by atoms with E-state index in [4.69, 9.17) is 16.0 Å². The lowest BCUT2D eigenvalue weighted by Crippen LogP contribution is -2.34. The molecule has 6 heteroatoms. The second kappa shape index (κ2) is 6.47. The molecule has 0 saturated carbocycles. The van der Waals surface area contributed by atoms with E-state index in [1.54, 1.807) is 23.8 Å². The van der Waals surface area contributed by atoms with Crippen molar-refractivity contribution in [1.82, 2.24) is 15.1 Å². The van der Waals surface area contributed by atoms with Gasteiger partial charge in [-0.2, -0.15) is 5.10 Å². The molecule has 2 atom stereocenters. The average Bonchev–Trinajstić information content (AvgIpc) is 3.18. The number of hydrogen-bond donors (Lipinski definition) is 1. The van der Waals surface area contributed by atoms with Crippen LogP contribution in [-0.4, -0.2) is 15.8 Å². The number of rotatable bonds is 6. The smallest absolute Gasteiger partial charge is 0.126 e. The van der Waals surface area contributed by atoms with Gasteiger partial charge >= 0.3 is 0 Å². The highest BCUT2D eigenvalue weighted by atomic mass is 35.5. The van der Waals surface area contributed by atoms with Crippen molar-refractivity contribution in [2.45, 2.75) is 25.6 Å². The number of thiophene rings is 1. The monoisotopic (exact) mass is 321 g/mol. The highest BCUT2D eigenvalue weighted by Crippen LogP contribution is 2.31. The Hall–Kier alpha value is -1.56. The molecule has 3 heterocycles. The predicted molar refractivity (Wildman–Crippen MR) is 84.7 cm³/mol. The van der Waals surface area contributed by atoms with Crippen molar-refractivity contribution < 1.29 is 4.42 Å². The molecular weight excluding hydrogens is 306 g/mol. The Balaban J connectivity index is 1.76. The van der Waals surface area contributed by atoms with E-state index in [1.165, 1.54) is 0 Å². The third kappa shape index (κ3) is 3.56. The van der Waals surface area contributed by atoms with Crippen LogP contribution in [0.2, 0.25) is 4.34 Å². The minimum absolute atomic E-state index is 0.00284. The van der Waals surface area contributed by atoms with E-state index in [0.29, 0.717) is 0 Å². The van der Waals surface area contributed by atoms with Gasteiger partial charge in [0.1, 0.15) is 11.8 Å². The molecule has 3 aromatic heterocycles. The third-order valence-electron chi connectivity index (χ3n) is 3.18. The second-order valence-corrected chi connectivity index (χ2v) is 6.63. The topological polar surface area (TPSA) is 43.0 Å². The Labute approximate surface area is 132 Å². The fourth-order valence-electron chi connectivity index (χ4n) is 2.27. The number of halogens is 1. The molecule has 0 radical (unpaired) electrons. The van der Waals surface area contributed by atoms with Gasteiger partial charge in [-0.25, -0.2) is 0 Å². The number of nitrogens with one attached hydrogen (secondary N) is 1. The lowest BCUT2D eigenvalue weighted by Gasteiger charge is -2.21. The van der Waals surface area contributed by atoms with Crippen LogP contribution >= 0.6 is 22.9 Å². The first kappa shape index (κ1) is 14.4. The van der Waals surface area contributed by atoms with Crippen LogP contribution in [0, 0.1) is 0 Å². The van der Waals surface area contributed by atoms with Gasteiger partial charge in [0.25, 0.3) is 0 Å². The largest absolute Gasteiger partial charge is 0.467 e. The second-order valence-electron chi connectivity index (χ2n) is 4.89. The van der Waals surface area contributed by atoms with E-state index in [0.717, 1.165) is 21.5 Å². The fourth-order valence-corrected chi connectivity index (χ4v) is 3.40. The van der Waals surface area contributed by atoms with Gasteiger partial charge in [-0.1, -0.05) is 11.6 Å². The molecule has 110 valence electrons. The van der Waals surface area contributed by atoms with Crippen LogP contribution in [0.25, 0.3) is 0 Å². The summed E-state index contributed by atoms with van der Waals surface area (Å²) in [6.45, 7) is 2.93. The average molecular weight is 322 g/mol. The Morgan fingerprint density at radius 2 is 2.29 bits per heavy atom. The van der Waals surface area contributed by atoms with Gasteiger partial charge in [0.05, 0.1) is 17.1 Å². The molecule has 3 rings (SSSR count). The zero-order chi connectivity index (χ0) is 14.7. The normalized spacial score (nSPS) is 14.2. The Morgan fingerprint density at radius 1 is 1.38 bits per heavy atom. The van der Waals surface area contributed by atoms with Crippen LogP contribution in [0.5, 0.6) is 0 Å². The van der Waals surface area contributed by atoms with E-state index in [9.17, 15) is 0 Å². The van der Waals surface area contributed by atoms with Crippen molar-refractivity contribution in [2.75, 3.05) is 0 Å². The Morgan fingerprint density at radius 3 is 2.90 bits per heavy atom. The summed E-state index contributed by atoms with van der Waals surface area (Å²) >= 11 is 7.63. The van der Waals surface area contributed by atoms with Gasteiger partial charge in [-0.15, -0.1) is 11.3 Å². The van der Waals surface area contributed by atoms with Crippen molar-refractivity contribution in [3.8, 4) is 0 Å². The molecule has 0 aliphatic carbocycles. The van der Waals surface area contributed by atoms with E-state index in [2.05, 4.69) is 17.3 Å². The van der Waals surface area contributed by atoms with Crippen LogP contribution in [0.15, 0.2) is 53.4 Å². The third-order valence-corrected chi connectivity index (χ3v) is 4.47.